The first-order valence-electron chi connectivity index (χ1n) is 7.26. The molecule has 0 bridgehead atoms. The second-order valence-corrected chi connectivity index (χ2v) is 6.46. The Hall–Kier alpha value is -0.840. The summed E-state index contributed by atoms with van der Waals surface area (Å²) in [4.78, 5) is 0. The highest BCUT2D eigenvalue weighted by Gasteiger charge is 2.15. The highest BCUT2D eigenvalue weighted by Crippen LogP contribution is 2.26. The number of nitrogens with one attached hydrogen (secondary N) is 1. The predicted molar refractivity (Wildman–Crippen MR) is 91.9 cm³/mol. The third kappa shape index (κ3) is 4.31. The Balaban J connectivity index is 2.30. The quantitative estimate of drug-likeness (QED) is 0.810. The smallest absolute Gasteiger partial charge is 0.0596 e. The van der Waals surface area contributed by atoms with E-state index in [1.807, 2.05) is 19.1 Å². The minimum atomic E-state index is 0.228. The number of hydrogen-bond acceptors (Lipinski definition) is 2. The Kier molecular flexibility index (Phi) is 5.85. The number of likely N-dealkylation sites (N-methyl/N-ethyl adjacent to an activating group) is 1. The van der Waals surface area contributed by atoms with E-state index in [0.717, 1.165) is 34.7 Å². The van der Waals surface area contributed by atoms with Crippen molar-refractivity contribution in [2.24, 2.45) is 0 Å². The lowest BCUT2D eigenvalue weighted by Gasteiger charge is -2.19. The highest BCUT2D eigenvalue weighted by atomic mass is 79.9. The molecule has 0 saturated heterocycles. The molecule has 0 aliphatic heterocycles. The van der Waals surface area contributed by atoms with Crippen LogP contribution in [0.1, 0.15) is 36.8 Å². The summed E-state index contributed by atoms with van der Waals surface area (Å²) in [7, 11) is 0. The van der Waals surface area contributed by atoms with Gasteiger partial charge in [0.25, 0.3) is 0 Å². The molecule has 21 heavy (non-hydrogen) atoms. The Bertz CT molecular complexity index is 589. The maximum absolute atomic E-state index is 6.18. The van der Waals surface area contributed by atoms with Crippen molar-refractivity contribution in [3.8, 4) is 0 Å². The summed E-state index contributed by atoms with van der Waals surface area (Å²) >= 11 is 9.70. The molecule has 1 unspecified atom stereocenters. The van der Waals surface area contributed by atoms with Crippen LogP contribution < -0.4 is 5.32 Å². The molecule has 0 spiro atoms. The number of aromatic nitrogens is 2. The van der Waals surface area contributed by atoms with Crippen LogP contribution in [-0.2, 0) is 13.0 Å². The maximum Gasteiger partial charge on any atom is 0.0596 e. The van der Waals surface area contributed by atoms with Crippen LogP contribution in [0.3, 0.4) is 0 Å². The van der Waals surface area contributed by atoms with E-state index in [1.54, 1.807) is 0 Å². The van der Waals surface area contributed by atoms with Gasteiger partial charge in [-0.25, -0.2) is 0 Å². The van der Waals surface area contributed by atoms with E-state index in [0.29, 0.717) is 0 Å². The number of hydrogen-bond donors (Lipinski definition) is 1. The summed E-state index contributed by atoms with van der Waals surface area (Å²) in [6.45, 7) is 8.08. The molecule has 0 radical (unpaired) electrons. The number of aryl methyl sites for hydroxylation is 2. The van der Waals surface area contributed by atoms with E-state index in [-0.39, 0.29) is 6.04 Å². The Labute approximate surface area is 139 Å². The molecule has 114 valence electrons. The van der Waals surface area contributed by atoms with Gasteiger partial charge in [-0.1, -0.05) is 34.5 Å². The van der Waals surface area contributed by atoms with Gasteiger partial charge in [0, 0.05) is 34.2 Å². The van der Waals surface area contributed by atoms with Crippen LogP contribution in [-0.4, -0.2) is 16.3 Å². The van der Waals surface area contributed by atoms with Gasteiger partial charge < -0.3 is 5.32 Å². The fourth-order valence-electron chi connectivity index (χ4n) is 2.58. The van der Waals surface area contributed by atoms with Crippen molar-refractivity contribution in [3.63, 3.8) is 0 Å². The number of rotatable bonds is 6. The van der Waals surface area contributed by atoms with E-state index in [4.69, 9.17) is 11.6 Å². The topological polar surface area (TPSA) is 29.9 Å². The number of nitrogens with zero attached hydrogens (tertiary/aromatic N) is 2. The van der Waals surface area contributed by atoms with Crippen LogP contribution in [0, 0.1) is 6.92 Å². The fourth-order valence-corrected chi connectivity index (χ4v) is 3.46. The largest absolute Gasteiger partial charge is 0.310 e. The third-order valence-corrected chi connectivity index (χ3v) is 4.11. The molecule has 2 rings (SSSR count). The van der Waals surface area contributed by atoms with Crippen LogP contribution in [0.15, 0.2) is 28.7 Å². The minimum Gasteiger partial charge on any atom is -0.310 e. The molecule has 1 N–H and O–H groups in total. The molecule has 1 aromatic heterocycles. The van der Waals surface area contributed by atoms with Gasteiger partial charge >= 0.3 is 0 Å². The lowest BCUT2D eigenvalue weighted by Crippen LogP contribution is -2.24. The summed E-state index contributed by atoms with van der Waals surface area (Å²) in [5, 5.41) is 8.82. The van der Waals surface area contributed by atoms with E-state index >= 15 is 0 Å². The van der Waals surface area contributed by atoms with Crippen molar-refractivity contribution in [1.29, 1.82) is 0 Å². The molecule has 2 aromatic rings. The number of halogens is 2. The summed E-state index contributed by atoms with van der Waals surface area (Å²) in [5.41, 5.74) is 3.50. The summed E-state index contributed by atoms with van der Waals surface area (Å²) in [6.07, 6.45) is 0.898. The number of benzene rings is 1. The Morgan fingerprint density at radius 1 is 1.29 bits per heavy atom. The van der Waals surface area contributed by atoms with Crippen molar-refractivity contribution in [1.82, 2.24) is 15.1 Å². The molecule has 1 aromatic carbocycles. The molecule has 0 saturated carbocycles. The SMILES string of the molecule is CCNC(Cc1cc(C)nn1CC)c1cc(Cl)cc(Br)c1. The standard InChI is InChI=1S/C16H21BrClN3/c1-4-19-16(12-7-13(17)9-14(18)8-12)10-15-6-11(3)20-21(15)5-2/h6-9,16,19H,4-5,10H2,1-3H3. The molecule has 3 nitrogen and oxygen atoms in total. The highest BCUT2D eigenvalue weighted by molar-refractivity contribution is 9.10. The molecule has 0 amide bonds. The molecule has 1 heterocycles. The zero-order valence-electron chi connectivity index (χ0n) is 12.7. The Morgan fingerprint density at radius 2 is 2.05 bits per heavy atom. The molecule has 0 aliphatic rings. The van der Waals surface area contributed by atoms with Crippen LogP contribution in [0.4, 0.5) is 0 Å². The van der Waals surface area contributed by atoms with Gasteiger partial charge in [0.2, 0.25) is 0 Å². The van der Waals surface area contributed by atoms with E-state index in [2.05, 4.69) is 57.0 Å². The van der Waals surface area contributed by atoms with Crippen molar-refractivity contribution in [2.45, 2.75) is 39.8 Å². The lowest BCUT2D eigenvalue weighted by molar-refractivity contribution is 0.516. The zero-order valence-corrected chi connectivity index (χ0v) is 15.0. The van der Waals surface area contributed by atoms with Crippen molar-refractivity contribution < 1.29 is 0 Å². The van der Waals surface area contributed by atoms with Gasteiger partial charge in [0.05, 0.1) is 5.69 Å². The van der Waals surface area contributed by atoms with Gasteiger partial charge in [-0.05, 0) is 50.2 Å². The average Bonchev–Trinajstić information content (AvgIpc) is 2.77. The molecule has 0 fully saturated rings. The average molecular weight is 371 g/mol. The zero-order chi connectivity index (χ0) is 15.4. The summed E-state index contributed by atoms with van der Waals surface area (Å²) < 4.78 is 3.08. The minimum absolute atomic E-state index is 0.228. The Morgan fingerprint density at radius 3 is 2.67 bits per heavy atom. The lowest BCUT2D eigenvalue weighted by atomic mass is 10.0. The van der Waals surface area contributed by atoms with Crippen LogP contribution in [0.5, 0.6) is 0 Å². The van der Waals surface area contributed by atoms with Crippen molar-refractivity contribution in [2.75, 3.05) is 6.54 Å². The molecule has 5 heteroatoms. The second kappa shape index (κ2) is 7.43. The molecule has 1 atom stereocenters. The summed E-state index contributed by atoms with van der Waals surface area (Å²) in [6, 6.07) is 8.45. The maximum atomic E-state index is 6.18. The van der Waals surface area contributed by atoms with Crippen LogP contribution in [0.25, 0.3) is 0 Å². The first kappa shape index (κ1) is 16.5. The molecular formula is C16H21BrClN3. The van der Waals surface area contributed by atoms with Gasteiger partial charge in [0.15, 0.2) is 0 Å². The first-order valence-corrected chi connectivity index (χ1v) is 8.43. The summed E-state index contributed by atoms with van der Waals surface area (Å²) in [5.74, 6) is 0. The van der Waals surface area contributed by atoms with Gasteiger partial charge in [0.1, 0.15) is 0 Å². The molecule has 0 aliphatic carbocycles. The third-order valence-electron chi connectivity index (χ3n) is 3.44. The van der Waals surface area contributed by atoms with E-state index in [1.165, 1.54) is 11.3 Å². The molecular weight excluding hydrogens is 350 g/mol. The van der Waals surface area contributed by atoms with E-state index < -0.39 is 0 Å². The monoisotopic (exact) mass is 369 g/mol. The normalized spacial score (nSPS) is 12.6. The van der Waals surface area contributed by atoms with Gasteiger partial charge in [-0.3, -0.25) is 4.68 Å². The van der Waals surface area contributed by atoms with Gasteiger partial charge in [-0.15, -0.1) is 0 Å². The van der Waals surface area contributed by atoms with Crippen molar-refractivity contribution >= 4 is 27.5 Å². The van der Waals surface area contributed by atoms with Crippen LogP contribution in [0.2, 0.25) is 5.02 Å². The van der Waals surface area contributed by atoms with Crippen molar-refractivity contribution in [3.05, 3.63) is 50.7 Å². The second-order valence-electron chi connectivity index (χ2n) is 5.11. The van der Waals surface area contributed by atoms with E-state index in [9.17, 15) is 0 Å². The van der Waals surface area contributed by atoms with Crippen LogP contribution >= 0.6 is 27.5 Å². The predicted octanol–water partition coefficient (Wildman–Crippen LogP) is 4.52. The first-order chi connectivity index (χ1) is 10.0. The van der Waals surface area contributed by atoms with Gasteiger partial charge in [-0.2, -0.15) is 5.10 Å². The fraction of sp³-hybridized carbons (Fsp3) is 0.438.